The molecule has 1 aliphatic heterocycles. The molecule has 0 aliphatic carbocycles. The van der Waals surface area contributed by atoms with Gasteiger partial charge in [0.1, 0.15) is 11.6 Å². The van der Waals surface area contributed by atoms with Crippen LogP contribution in [0.25, 0.3) is 6.08 Å². The number of hydrogen-bond donors (Lipinski definition) is 0. The first-order valence-electron chi connectivity index (χ1n) is 9.25. The molecule has 1 heterocycles. The van der Waals surface area contributed by atoms with Gasteiger partial charge in [0.25, 0.3) is 0 Å². The van der Waals surface area contributed by atoms with E-state index in [2.05, 4.69) is 4.90 Å². The lowest BCUT2D eigenvalue weighted by molar-refractivity contribution is 0.0358. The molecule has 158 valence electrons. The molecule has 2 aromatic rings. The predicted molar refractivity (Wildman–Crippen MR) is 114 cm³/mol. The van der Waals surface area contributed by atoms with Gasteiger partial charge in [-0.05, 0) is 54.5 Å². The summed E-state index contributed by atoms with van der Waals surface area (Å²) in [7, 11) is -3.57. The van der Waals surface area contributed by atoms with E-state index in [9.17, 15) is 12.8 Å². The molecule has 5 nitrogen and oxygen atoms in total. The molecule has 0 radical (unpaired) electrons. The van der Waals surface area contributed by atoms with Crippen LogP contribution in [0.2, 0.25) is 0 Å². The van der Waals surface area contributed by atoms with E-state index in [1.807, 2.05) is 0 Å². The Morgan fingerprint density at radius 3 is 2.34 bits per heavy atom. The molecule has 0 N–H and O–H groups in total. The summed E-state index contributed by atoms with van der Waals surface area (Å²) < 4.78 is 48.7. The van der Waals surface area contributed by atoms with Crippen molar-refractivity contribution in [2.75, 3.05) is 39.5 Å². The van der Waals surface area contributed by atoms with Crippen LogP contribution < -0.4 is 4.74 Å². The van der Waals surface area contributed by atoms with Crippen LogP contribution in [-0.4, -0.2) is 52.8 Å². The quantitative estimate of drug-likeness (QED) is 0.583. The molecule has 3 rings (SSSR count). The zero-order chi connectivity index (χ0) is 19.8. The topological polar surface area (TPSA) is 55.8 Å². The number of rotatable bonds is 8. The summed E-state index contributed by atoms with van der Waals surface area (Å²) in [5.74, 6) is 0.281. The first kappa shape index (κ1) is 23.3. The summed E-state index contributed by atoms with van der Waals surface area (Å²) >= 11 is 0. The van der Waals surface area contributed by atoms with Crippen molar-refractivity contribution in [3.05, 3.63) is 65.3 Å². The Labute approximate surface area is 177 Å². The normalized spacial score (nSPS) is 15.2. The summed E-state index contributed by atoms with van der Waals surface area (Å²) in [6.07, 6.45) is 2.35. The number of sulfone groups is 1. The monoisotopic (exact) mass is 441 g/mol. The molecule has 1 fully saturated rings. The third-order valence-corrected chi connectivity index (χ3v) is 5.88. The maximum Gasteiger partial charge on any atom is 0.199 e. The molecule has 0 spiro atoms. The Morgan fingerprint density at radius 1 is 1.03 bits per heavy atom. The first-order chi connectivity index (χ1) is 13.5. The van der Waals surface area contributed by atoms with Gasteiger partial charge >= 0.3 is 0 Å². The van der Waals surface area contributed by atoms with Crippen molar-refractivity contribution in [3.8, 4) is 5.75 Å². The summed E-state index contributed by atoms with van der Waals surface area (Å²) in [5, 5.41) is 1.12. The van der Waals surface area contributed by atoms with Crippen LogP contribution in [0.4, 0.5) is 4.39 Å². The molecule has 0 atom stereocenters. The fraction of sp³-hybridized carbons (Fsp3) is 0.333. The van der Waals surface area contributed by atoms with Crippen LogP contribution in [0.1, 0.15) is 12.0 Å². The summed E-state index contributed by atoms with van der Waals surface area (Å²) in [6.45, 7) is 5.02. The second kappa shape index (κ2) is 11.3. The van der Waals surface area contributed by atoms with Crippen LogP contribution in [0.15, 0.2) is 58.8 Å². The van der Waals surface area contributed by atoms with Gasteiger partial charge in [-0.1, -0.05) is 12.1 Å². The Morgan fingerprint density at radius 2 is 1.69 bits per heavy atom. The van der Waals surface area contributed by atoms with Crippen molar-refractivity contribution in [1.82, 2.24) is 4.90 Å². The fourth-order valence-corrected chi connectivity index (χ4v) is 3.86. The van der Waals surface area contributed by atoms with Crippen molar-refractivity contribution < 1.29 is 22.3 Å². The van der Waals surface area contributed by atoms with Gasteiger partial charge in [-0.15, -0.1) is 12.4 Å². The third-order valence-electron chi connectivity index (χ3n) is 4.45. The number of benzene rings is 2. The van der Waals surface area contributed by atoms with Gasteiger partial charge in [0.05, 0.1) is 24.7 Å². The first-order valence-corrected chi connectivity index (χ1v) is 10.8. The Balaban J connectivity index is 0.00000300. The summed E-state index contributed by atoms with van der Waals surface area (Å²) in [5.41, 5.74) is 0.616. The molecule has 0 unspecified atom stereocenters. The number of halogens is 2. The predicted octanol–water partition coefficient (Wildman–Crippen LogP) is 3.79. The van der Waals surface area contributed by atoms with Crippen molar-refractivity contribution in [2.45, 2.75) is 11.3 Å². The zero-order valence-corrected chi connectivity index (χ0v) is 17.6. The molecule has 8 heteroatoms. The highest BCUT2D eigenvalue weighted by molar-refractivity contribution is 7.94. The molecular formula is C21H25ClFNO4S. The molecule has 1 saturated heterocycles. The lowest BCUT2D eigenvalue weighted by Gasteiger charge is -2.26. The smallest absolute Gasteiger partial charge is 0.199 e. The average Bonchev–Trinajstić information content (AvgIpc) is 2.72. The van der Waals surface area contributed by atoms with Gasteiger partial charge in [0, 0.05) is 25.0 Å². The molecule has 0 bridgehead atoms. The highest BCUT2D eigenvalue weighted by Crippen LogP contribution is 2.19. The number of nitrogens with zero attached hydrogens (tertiary/aromatic N) is 1. The summed E-state index contributed by atoms with van der Waals surface area (Å²) in [6, 6.07) is 12.0. The van der Waals surface area contributed by atoms with Gasteiger partial charge in [0.15, 0.2) is 9.84 Å². The SMILES string of the molecule is Cl.O=S(=O)(/C=C/c1ccc(F)cc1)c1ccc(OCCCN2CCOCC2)cc1. The highest BCUT2D eigenvalue weighted by Gasteiger charge is 2.11. The van der Waals surface area contributed by atoms with E-state index < -0.39 is 9.84 Å². The number of ether oxygens (including phenoxy) is 2. The van der Waals surface area contributed by atoms with Crippen molar-refractivity contribution in [3.63, 3.8) is 0 Å². The third kappa shape index (κ3) is 7.44. The van der Waals surface area contributed by atoms with Crippen LogP contribution in [0, 0.1) is 5.82 Å². The molecule has 0 aromatic heterocycles. The number of morpholine rings is 1. The largest absolute Gasteiger partial charge is 0.494 e. The molecule has 29 heavy (non-hydrogen) atoms. The molecule has 2 aromatic carbocycles. The van der Waals surface area contributed by atoms with E-state index in [0.717, 1.165) is 44.7 Å². The van der Waals surface area contributed by atoms with E-state index in [4.69, 9.17) is 9.47 Å². The fourth-order valence-electron chi connectivity index (χ4n) is 2.85. The number of hydrogen-bond acceptors (Lipinski definition) is 5. The molecule has 1 aliphatic rings. The van der Waals surface area contributed by atoms with Gasteiger partial charge in [-0.25, -0.2) is 12.8 Å². The second-order valence-corrected chi connectivity index (χ2v) is 8.36. The standard InChI is InChI=1S/C21H24FNO4S.ClH/c22-19-4-2-18(3-5-19)10-17-28(24,25)21-8-6-20(7-9-21)27-14-1-11-23-12-15-26-16-13-23;/h2-10,17H,1,11-16H2;1H/b17-10+;. The maximum atomic E-state index is 12.9. The Hall–Kier alpha value is -1.93. The lowest BCUT2D eigenvalue weighted by Crippen LogP contribution is -2.37. The second-order valence-electron chi connectivity index (χ2n) is 6.53. The van der Waals surface area contributed by atoms with E-state index in [1.54, 1.807) is 12.1 Å². The van der Waals surface area contributed by atoms with Gasteiger partial charge in [-0.2, -0.15) is 0 Å². The molecular weight excluding hydrogens is 417 g/mol. The highest BCUT2D eigenvalue weighted by atomic mass is 35.5. The minimum absolute atomic E-state index is 0. The average molecular weight is 442 g/mol. The van der Waals surface area contributed by atoms with Gasteiger partial charge < -0.3 is 9.47 Å². The minimum atomic E-state index is -3.57. The van der Waals surface area contributed by atoms with Crippen LogP contribution in [0.5, 0.6) is 5.75 Å². The van der Waals surface area contributed by atoms with Crippen molar-refractivity contribution in [2.24, 2.45) is 0 Å². The van der Waals surface area contributed by atoms with Gasteiger partial charge in [-0.3, -0.25) is 4.90 Å². The van der Waals surface area contributed by atoms with Gasteiger partial charge in [0.2, 0.25) is 0 Å². The minimum Gasteiger partial charge on any atom is -0.494 e. The molecule has 0 amide bonds. The van der Waals surface area contributed by atoms with E-state index in [0.29, 0.717) is 17.9 Å². The van der Waals surface area contributed by atoms with Crippen LogP contribution in [0.3, 0.4) is 0 Å². The Bertz CT molecular complexity index is 880. The Kier molecular flexibility index (Phi) is 9.10. The van der Waals surface area contributed by atoms with Crippen molar-refractivity contribution >= 4 is 28.3 Å². The van der Waals surface area contributed by atoms with Crippen LogP contribution in [-0.2, 0) is 14.6 Å². The maximum absolute atomic E-state index is 12.9. The van der Waals surface area contributed by atoms with E-state index in [-0.39, 0.29) is 23.1 Å². The van der Waals surface area contributed by atoms with E-state index >= 15 is 0 Å². The molecule has 0 saturated carbocycles. The van der Waals surface area contributed by atoms with Crippen molar-refractivity contribution in [1.29, 1.82) is 0 Å². The van der Waals surface area contributed by atoms with Crippen LogP contribution >= 0.6 is 12.4 Å². The summed E-state index contributed by atoms with van der Waals surface area (Å²) in [4.78, 5) is 2.53. The van der Waals surface area contributed by atoms with E-state index in [1.165, 1.54) is 42.5 Å². The lowest BCUT2D eigenvalue weighted by atomic mass is 10.2. The zero-order valence-electron chi connectivity index (χ0n) is 16.0.